The zero-order valence-corrected chi connectivity index (χ0v) is 8.76. The van der Waals surface area contributed by atoms with E-state index in [1.165, 1.54) is 11.3 Å². The van der Waals surface area contributed by atoms with E-state index in [9.17, 15) is 4.79 Å². The highest BCUT2D eigenvalue weighted by Crippen LogP contribution is 2.23. The molecule has 0 amide bonds. The van der Waals surface area contributed by atoms with Crippen LogP contribution in [0, 0.1) is 0 Å². The summed E-state index contributed by atoms with van der Waals surface area (Å²) in [5, 5.41) is 0. The van der Waals surface area contributed by atoms with E-state index >= 15 is 0 Å². The van der Waals surface area contributed by atoms with E-state index in [4.69, 9.17) is 0 Å². The van der Waals surface area contributed by atoms with Crippen molar-refractivity contribution in [3.8, 4) is 0 Å². The molecule has 2 rings (SSSR count). The van der Waals surface area contributed by atoms with Gasteiger partial charge in [-0.3, -0.25) is 4.79 Å². The minimum atomic E-state index is 0.897. The van der Waals surface area contributed by atoms with Crippen molar-refractivity contribution in [1.29, 1.82) is 0 Å². The van der Waals surface area contributed by atoms with Crippen LogP contribution in [0.1, 0.15) is 34.2 Å². The second-order valence-corrected chi connectivity index (χ2v) is 3.93. The second-order valence-electron chi connectivity index (χ2n) is 3.93. The minimum Gasteiger partial charge on any atom is -0.361 e. The van der Waals surface area contributed by atoms with Gasteiger partial charge in [-0.25, -0.2) is 0 Å². The fourth-order valence-electron chi connectivity index (χ4n) is 2.14. The zero-order chi connectivity index (χ0) is 10.1. The van der Waals surface area contributed by atoms with Crippen LogP contribution in [-0.4, -0.2) is 29.8 Å². The Morgan fingerprint density at radius 2 is 2.36 bits per heavy atom. The van der Waals surface area contributed by atoms with Gasteiger partial charge in [0.25, 0.3) is 0 Å². The fraction of sp³-hybridized carbons (Fsp3) is 0.545. The summed E-state index contributed by atoms with van der Waals surface area (Å²) in [7, 11) is 2.09. The van der Waals surface area contributed by atoms with E-state index in [1.54, 1.807) is 0 Å². The highest BCUT2D eigenvalue weighted by atomic mass is 16.1. The Bertz CT molecular complexity index is 354. The van der Waals surface area contributed by atoms with Crippen molar-refractivity contribution in [2.75, 3.05) is 13.6 Å². The molecular weight excluding hydrogens is 176 g/mol. The molecule has 76 valence electrons. The van der Waals surface area contributed by atoms with E-state index in [0.717, 1.165) is 43.5 Å². The third-order valence-corrected chi connectivity index (χ3v) is 2.96. The lowest BCUT2D eigenvalue weighted by molar-refractivity contribution is 0.112. The van der Waals surface area contributed by atoms with E-state index in [1.807, 2.05) is 0 Å². The lowest BCUT2D eigenvalue weighted by atomic mass is 10.0. The third kappa shape index (κ3) is 1.38. The van der Waals surface area contributed by atoms with Gasteiger partial charge in [-0.05, 0) is 19.0 Å². The largest absolute Gasteiger partial charge is 0.361 e. The summed E-state index contributed by atoms with van der Waals surface area (Å²) in [6.45, 7) is 4.06. The van der Waals surface area contributed by atoms with Gasteiger partial charge in [0.2, 0.25) is 0 Å². The highest BCUT2D eigenvalue weighted by Gasteiger charge is 2.20. The molecule has 3 heteroatoms. The van der Waals surface area contributed by atoms with Crippen molar-refractivity contribution in [1.82, 2.24) is 9.88 Å². The predicted molar refractivity (Wildman–Crippen MR) is 55.6 cm³/mol. The van der Waals surface area contributed by atoms with Crippen molar-refractivity contribution in [2.24, 2.45) is 0 Å². The normalized spacial score (nSPS) is 16.7. The molecule has 0 fully saturated rings. The van der Waals surface area contributed by atoms with Crippen LogP contribution in [0.15, 0.2) is 0 Å². The minimum absolute atomic E-state index is 0.897. The Kier molecular flexibility index (Phi) is 2.42. The van der Waals surface area contributed by atoms with Crippen LogP contribution >= 0.6 is 0 Å². The van der Waals surface area contributed by atoms with Crippen LogP contribution in [0.2, 0.25) is 0 Å². The molecule has 14 heavy (non-hydrogen) atoms. The van der Waals surface area contributed by atoms with Gasteiger partial charge in [0, 0.05) is 36.5 Å². The molecule has 1 aliphatic rings. The number of aromatic nitrogens is 1. The Labute approximate surface area is 84.1 Å². The SMILES string of the molecule is CCc1[nH]c2c(c1C=O)CN(C)CC2. The molecule has 1 N–H and O–H groups in total. The van der Waals surface area contributed by atoms with Crippen LogP contribution in [0.4, 0.5) is 0 Å². The van der Waals surface area contributed by atoms with Crippen molar-refractivity contribution in [3.63, 3.8) is 0 Å². The molecule has 0 saturated heterocycles. The number of carbonyl (C=O) groups is 1. The van der Waals surface area contributed by atoms with Gasteiger partial charge in [-0.15, -0.1) is 0 Å². The van der Waals surface area contributed by atoms with Crippen LogP contribution in [-0.2, 0) is 19.4 Å². The van der Waals surface area contributed by atoms with Crippen LogP contribution in [0.3, 0.4) is 0 Å². The number of H-pyrrole nitrogens is 1. The Hall–Kier alpha value is -1.09. The monoisotopic (exact) mass is 192 g/mol. The first-order valence-electron chi connectivity index (χ1n) is 5.12. The maximum atomic E-state index is 11.0. The molecule has 1 aliphatic heterocycles. The molecule has 0 unspecified atom stereocenters. The summed E-state index contributed by atoms with van der Waals surface area (Å²) in [6, 6.07) is 0. The number of rotatable bonds is 2. The van der Waals surface area contributed by atoms with E-state index in [-0.39, 0.29) is 0 Å². The Balaban J connectivity index is 2.46. The maximum Gasteiger partial charge on any atom is 0.152 e. The van der Waals surface area contributed by atoms with Gasteiger partial charge in [0.05, 0.1) is 0 Å². The molecule has 0 radical (unpaired) electrons. The van der Waals surface area contributed by atoms with Gasteiger partial charge in [0.15, 0.2) is 6.29 Å². The molecule has 0 atom stereocenters. The van der Waals surface area contributed by atoms with Crippen molar-refractivity contribution in [3.05, 3.63) is 22.5 Å². The summed E-state index contributed by atoms with van der Waals surface area (Å²) in [5.41, 5.74) is 4.47. The van der Waals surface area contributed by atoms with Gasteiger partial charge < -0.3 is 9.88 Å². The first kappa shape index (κ1) is 9.46. The molecule has 0 aliphatic carbocycles. The molecule has 1 aromatic rings. The molecule has 1 aromatic heterocycles. The standard InChI is InChI=1S/C11H16N2O/c1-3-10-9(7-14)8-6-13(2)5-4-11(8)12-10/h7,12H,3-6H2,1-2H3. The molecule has 0 saturated carbocycles. The van der Waals surface area contributed by atoms with E-state index < -0.39 is 0 Å². The van der Waals surface area contributed by atoms with Crippen LogP contribution in [0.25, 0.3) is 0 Å². The number of hydrogen-bond acceptors (Lipinski definition) is 2. The highest BCUT2D eigenvalue weighted by molar-refractivity contribution is 5.80. The summed E-state index contributed by atoms with van der Waals surface area (Å²) in [6.07, 6.45) is 2.94. The summed E-state index contributed by atoms with van der Waals surface area (Å²) in [4.78, 5) is 16.6. The third-order valence-electron chi connectivity index (χ3n) is 2.96. The number of aldehydes is 1. The summed E-state index contributed by atoms with van der Waals surface area (Å²) >= 11 is 0. The number of aryl methyl sites for hydroxylation is 1. The first-order valence-corrected chi connectivity index (χ1v) is 5.12. The second kappa shape index (κ2) is 3.58. The van der Waals surface area contributed by atoms with Crippen molar-refractivity contribution < 1.29 is 4.79 Å². The maximum absolute atomic E-state index is 11.0. The van der Waals surface area contributed by atoms with Gasteiger partial charge >= 0.3 is 0 Å². The fourth-order valence-corrected chi connectivity index (χ4v) is 2.14. The number of hydrogen-bond donors (Lipinski definition) is 1. The number of aromatic amines is 1. The molecule has 3 nitrogen and oxygen atoms in total. The van der Waals surface area contributed by atoms with E-state index in [0.29, 0.717) is 0 Å². The predicted octanol–water partition coefficient (Wildman–Crippen LogP) is 1.38. The Morgan fingerprint density at radius 1 is 1.57 bits per heavy atom. The number of likely N-dealkylation sites (N-methyl/N-ethyl adjacent to an activating group) is 1. The average molecular weight is 192 g/mol. The lowest BCUT2D eigenvalue weighted by Crippen LogP contribution is -2.26. The van der Waals surface area contributed by atoms with E-state index in [2.05, 4.69) is 23.9 Å². The quantitative estimate of drug-likeness (QED) is 0.718. The van der Waals surface area contributed by atoms with Crippen molar-refractivity contribution in [2.45, 2.75) is 26.3 Å². The topological polar surface area (TPSA) is 36.1 Å². The smallest absolute Gasteiger partial charge is 0.152 e. The van der Waals surface area contributed by atoms with Crippen LogP contribution in [0.5, 0.6) is 0 Å². The van der Waals surface area contributed by atoms with Crippen LogP contribution < -0.4 is 0 Å². The average Bonchev–Trinajstić information content (AvgIpc) is 2.54. The molecular formula is C11H16N2O. The first-order chi connectivity index (χ1) is 6.76. The molecule has 2 heterocycles. The molecule has 0 aromatic carbocycles. The van der Waals surface area contributed by atoms with Gasteiger partial charge in [-0.2, -0.15) is 0 Å². The molecule has 0 bridgehead atoms. The summed E-state index contributed by atoms with van der Waals surface area (Å²) in [5.74, 6) is 0. The zero-order valence-electron chi connectivity index (χ0n) is 8.76. The number of nitrogens with zero attached hydrogens (tertiary/aromatic N) is 1. The number of carbonyl (C=O) groups excluding carboxylic acids is 1. The van der Waals surface area contributed by atoms with Gasteiger partial charge in [-0.1, -0.05) is 6.92 Å². The summed E-state index contributed by atoms with van der Waals surface area (Å²) < 4.78 is 0. The lowest BCUT2D eigenvalue weighted by Gasteiger charge is -2.22. The molecule has 0 spiro atoms. The van der Waals surface area contributed by atoms with Gasteiger partial charge in [0.1, 0.15) is 0 Å². The number of nitrogens with one attached hydrogen (secondary N) is 1. The Morgan fingerprint density at radius 3 is 3.00 bits per heavy atom. The number of fused-ring (bicyclic) bond motifs is 1. The van der Waals surface area contributed by atoms with Crippen molar-refractivity contribution >= 4 is 6.29 Å².